The molecule has 0 radical (unpaired) electrons. The van der Waals surface area contributed by atoms with Gasteiger partial charge in [0.1, 0.15) is 10.7 Å². The first-order valence-electron chi connectivity index (χ1n) is 7.30. The van der Waals surface area contributed by atoms with Gasteiger partial charge in [0.05, 0.1) is 23.5 Å². The molecule has 0 saturated carbocycles. The van der Waals surface area contributed by atoms with Crippen LogP contribution in [-0.4, -0.2) is 23.7 Å². The van der Waals surface area contributed by atoms with Gasteiger partial charge in [-0.1, -0.05) is 0 Å². The van der Waals surface area contributed by atoms with Gasteiger partial charge in [-0.2, -0.15) is 13.2 Å². The lowest BCUT2D eigenvalue weighted by Gasteiger charge is -2.35. The molecule has 1 aromatic heterocycles. The summed E-state index contributed by atoms with van der Waals surface area (Å²) in [5, 5.41) is 0. The molecule has 0 fully saturated rings. The minimum atomic E-state index is -4.40. The topological polar surface area (TPSA) is 68.5 Å². The molecule has 1 aromatic carbocycles. The number of nitrogens with zero attached hydrogens (tertiary/aromatic N) is 2. The summed E-state index contributed by atoms with van der Waals surface area (Å²) in [5.41, 5.74) is 6.30. The van der Waals surface area contributed by atoms with Crippen LogP contribution < -0.4 is 10.6 Å². The quantitative estimate of drug-likeness (QED) is 0.752. The minimum absolute atomic E-state index is 0.268. The molecule has 5 nitrogen and oxygen atoms in total. The van der Waals surface area contributed by atoms with Crippen molar-refractivity contribution < 1.29 is 22.7 Å². The van der Waals surface area contributed by atoms with Crippen LogP contribution in [0.25, 0.3) is 0 Å². The summed E-state index contributed by atoms with van der Waals surface area (Å²) in [6.45, 7) is 0.268. The second kappa shape index (κ2) is 6.55. The van der Waals surface area contributed by atoms with Gasteiger partial charge < -0.3 is 15.4 Å². The first-order chi connectivity index (χ1) is 11.7. The van der Waals surface area contributed by atoms with E-state index in [4.69, 9.17) is 10.5 Å². The number of anilines is 2. The van der Waals surface area contributed by atoms with Crippen molar-refractivity contribution in [2.45, 2.75) is 18.7 Å². The molecular formula is C16H13BrF3N3O2. The highest BCUT2D eigenvalue weighted by atomic mass is 79.9. The van der Waals surface area contributed by atoms with E-state index in [0.29, 0.717) is 22.4 Å². The Kier molecular flexibility index (Phi) is 4.59. The second-order valence-electron chi connectivity index (χ2n) is 5.52. The van der Waals surface area contributed by atoms with Crippen molar-refractivity contribution in [2.24, 2.45) is 5.73 Å². The average molecular weight is 416 g/mol. The van der Waals surface area contributed by atoms with Crippen LogP contribution in [-0.2, 0) is 17.3 Å². The number of rotatable bonds is 2. The Morgan fingerprint density at radius 3 is 2.52 bits per heavy atom. The van der Waals surface area contributed by atoms with Gasteiger partial charge in [-0.05, 0) is 52.3 Å². The number of amides is 1. The fourth-order valence-electron chi connectivity index (χ4n) is 2.76. The van der Waals surface area contributed by atoms with Crippen LogP contribution >= 0.6 is 15.9 Å². The fraction of sp³-hybridized carbons (Fsp3) is 0.250. The molecule has 2 heterocycles. The minimum Gasteiger partial charge on any atom is -0.444 e. The van der Waals surface area contributed by atoms with E-state index in [1.54, 1.807) is 11.0 Å². The van der Waals surface area contributed by atoms with E-state index in [1.807, 2.05) is 6.07 Å². The third-order valence-corrected chi connectivity index (χ3v) is 4.24. The van der Waals surface area contributed by atoms with E-state index >= 15 is 0 Å². The Balaban J connectivity index is 1.97. The molecule has 0 aliphatic carbocycles. The summed E-state index contributed by atoms with van der Waals surface area (Å²) in [6, 6.07) is 8.33. The van der Waals surface area contributed by atoms with Crippen molar-refractivity contribution in [3.63, 3.8) is 0 Å². The largest absolute Gasteiger partial charge is 0.444 e. The number of fused-ring (bicyclic) bond motifs is 1. The predicted octanol–water partition coefficient (Wildman–Crippen LogP) is 4.02. The summed E-state index contributed by atoms with van der Waals surface area (Å²) in [4.78, 5) is 17.2. The number of ether oxygens (including phenoxy) is 1. The molecule has 0 saturated heterocycles. The van der Waals surface area contributed by atoms with Gasteiger partial charge in [0.2, 0.25) is 0 Å². The number of alkyl halides is 3. The van der Waals surface area contributed by atoms with Crippen LogP contribution in [0.15, 0.2) is 41.0 Å². The maximum atomic E-state index is 12.8. The summed E-state index contributed by atoms with van der Waals surface area (Å²) in [7, 11) is 0. The molecule has 1 aliphatic heterocycles. The molecule has 1 amide bonds. The lowest BCUT2D eigenvalue weighted by molar-refractivity contribution is -0.137. The summed E-state index contributed by atoms with van der Waals surface area (Å²) < 4.78 is 43.9. The van der Waals surface area contributed by atoms with E-state index in [9.17, 15) is 18.0 Å². The van der Waals surface area contributed by atoms with Crippen molar-refractivity contribution in [1.29, 1.82) is 0 Å². The molecule has 1 aliphatic rings. The van der Waals surface area contributed by atoms with Gasteiger partial charge in [0.15, 0.2) is 0 Å². The number of primary amides is 1. The first-order valence-corrected chi connectivity index (χ1v) is 8.09. The molecule has 25 heavy (non-hydrogen) atoms. The molecule has 1 atom stereocenters. The highest BCUT2D eigenvalue weighted by molar-refractivity contribution is 9.10. The predicted molar refractivity (Wildman–Crippen MR) is 88.5 cm³/mol. The zero-order valence-electron chi connectivity index (χ0n) is 12.8. The molecule has 1 unspecified atom stereocenters. The van der Waals surface area contributed by atoms with Gasteiger partial charge in [-0.25, -0.2) is 9.78 Å². The van der Waals surface area contributed by atoms with Crippen LogP contribution in [0.3, 0.4) is 0 Å². The number of hydrogen-bond acceptors (Lipinski definition) is 4. The average Bonchev–Trinajstić information content (AvgIpc) is 2.52. The smallest absolute Gasteiger partial charge is 0.416 e. The molecule has 0 bridgehead atoms. The van der Waals surface area contributed by atoms with Crippen LogP contribution in [0.1, 0.15) is 11.3 Å². The van der Waals surface area contributed by atoms with Crippen LogP contribution in [0.2, 0.25) is 0 Å². The second-order valence-corrected chi connectivity index (χ2v) is 6.33. The normalized spacial score (nSPS) is 17.1. The van der Waals surface area contributed by atoms with Crippen LogP contribution in [0, 0.1) is 0 Å². The summed E-state index contributed by atoms with van der Waals surface area (Å²) >= 11 is 3.28. The Bertz CT molecular complexity index is 796. The summed E-state index contributed by atoms with van der Waals surface area (Å²) in [6.07, 6.45) is -5.48. The summed E-state index contributed by atoms with van der Waals surface area (Å²) in [5.74, 6) is 0. The molecule has 0 spiro atoms. The highest BCUT2D eigenvalue weighted by Gasteiger charge is 2.32. The zero-order valence-corrected chi connectivity index (χ0v) is 14.3. The number of pyridine rings is 1. The Labute approximate surface area is 149 Å². The van der Waals surface area contributed by atoms with Crippen molar-refractivity contribution in [3.05, 3.63) is 52.3 Å². The Morgan fingerprint density at radius 1 is 1.24 bits per heavy atom. The molecule has 9 heteroatoms. The first kappa shape index (κ1) is 17.5. The van der Waals surface area contributed by atoms with Crippen molar-refractivity contribution in [1.82, 2.24) is 4.98 Å². The van der Waals surface area contributed by atoms with E-state index < -0.39 is 23.9 Å². The van der Waals surface area contributed by atoms with Gasteiger partial charge in [0.25, 0.3) is 0 Å². The van der Waals surface area contributed by atoms with Crippen molar-refractivity contribution in [2.75, 3.05) is 11.4 Å². The van der Waals surface area contributed by atoms with E-state index in [0.717, 1.165) is 17.8 Å². The number of carbonyl (C=O) groups is 1. The third kappa shape index (κ3) is 3.87. The lowest BCUT2D eigenvalue weighted by atomic mass is 10.0. The maximum Gasteiger partial charge on any atom is 0.416 e. The van der Waals surface area contributed by atoms with Crippen molar-refractivity contribution in [3.8, 4) is 0 Å². The van der Waals surface area contributed by atoms with Crippen molar-refractivity contribution >= 4 is 33.4 Å². The molecular weight excluding hydrogens is 403 g/mol. The molecule has 132 valence electrons. The number of benzene rings is 1. The number of nitrogens with two attached hydrogens (primary N) is 1. The van der Waals surface area contributed by atoms with Gasteiger partial charge in [-0.15, -0.1) is 0 Å². The number of hydrogen-bond donors (Lipinski definition) is 1. The Morgan fingerprint density at radius 2 is 1.92 bits per heavy atom. The zero-order chi connectivity index (χ0) is 18.2. The number of halogens is 4. The van der Waals surface area contributed by atoms with Gasteiger partial charge >= 0.3 is 12.3 Å². The Hall–Kier alpha value is -2.29. The van der Waals surface area contributed by atoms with E-state index in [1.165, 1.54) is 12.1 Å². The van der Waals surface area contributed by atoms with Gasteiger partial charge in [-0.3, -0.25) is 0 Å². The highest BCUT2D eigenvalue weighted by Crippen LogP contribution is 2.36. The third-order valence-electron chi connectivity index (χ3n) is 3.80. The van der Waals surface area contributed by atoms with Gasteiger partial charge in [0, 0.05) is 12.1 Å². The lowest BCUT2D eigenvalue weighted by Crippen LogP contribution is -2.39. The van der Waals surface area contributed by atoms with Crippen LogP contribution in [0.5, 0.6) is 0 Å². The maximum absolute atomic E-state index is 12.8. The SMILES string of the molecule is NC(=O)OC1Cc2nc(Br)ccc2N(c2ccc(C(F)(F)F)cc2)C1. The number of aromatic nitrogens is 1. The molecule has 2 N–H and O–H groups in total. The standard InChI is InChI=1S/C16H13BrF3N3O2/c17-14-6-5-13-12(22-14)7-11(25-15(21)24)8-23(13)10-3-1-9(2-4-10)16(18,19)20/h1-6,11H,7-8H2,(H2,21,24). The monoisotopic (exact) mass is 415 g/mol. The number of carbonyl (C=O) groups excluding carboxylic acids is 1. The molecule has 3 rings (SSSR count). The van der Waals surface area contributed by atoms with E-state index in [2.05, 4.69) is 20.9 Å². The van der Waals surface area contributed by atoms with Crippen LogP contribution in [0.4, 0.5) is 29.3 Å². The molecule has 2 aromatic rings. The van der Waals surface area contributed by atoms with E-state index in [-0.39, 0.29) is 6.54 Å². The fourth-order valence-corrected chi connectivity index (χ4v) is 3.11.